The summed E-state index contributed by atoms with van der Waals surface area (Å²) in [7, 11) is 0. The van der Waals surface area contributed by atoms with Gasteiger partial charge in [0.1, 0.15) is 12.4 Å². The highest BCUT2D eigenvalue weighted by molar-refractivity contribution is 8.00. The summed E-state index contributed by atoms with van der Waals surface area (Å²) >= 11 is 13.8. The zero-order chi connectivity index (χ0) is 14.1. The molecule has 0 bridgehead atoms. The summed E-state index contributed by atoms with van der Waals surface area (Å²) in [4.78, 5) is 0.933. The van der Waals surface area contributed by atoms with Crippen LogP contribution in [-0.4, -0.2) is 11.9 Å². The maximum atomic E-state index is 6.35. The first-order valence-electron chi connectivity index (χ1n) is 6.24. The van der Waals surface area contributed by atoms with Crippen molar-refractivity contribution in [2.24, 2.45) is 5.73 Å². The van der Waals surface area contributed by atoms with Gasteiger partial charge in [-0.15, -0.1) is 11.8 Å². The van der Waals surface area contributed by atoms with Gasteiger partial charge in [-0.05, 0) is 24.3 Å². The van der Waals surface area contributed by atoms with E-state index < -0.39 is 0 Å². The molecule has 0 aliphatic carbocycles. The molecule has 2 nitrogen and oxygen atoms in total. The van der Waals surface area contributed by atoms with Crippen molar-refractivity contribution in [2.45, 2.75) is 16.2 Å². The molecule has 0 fully saturated rings. The first kappa shape index (κ1) is 14.1. The van der Waals surface area contributed by atoms with Crippen LogP contribution in [-0.2, 0) is 0 Å². The quantitative estimate of drug-likeness (QED) is 0.879. The number of ether oxygens (including phenoxy) is 1. The number of para-hydroxylation sites is 1. The molecule has 0 amide bonds. The lowest BCUT2D eigenvalue weighted by molar-refractivity contribution is 0.276. The molecule has 0 saturated heterocycles. The molecule has 0 saturated carbocycles. The molecule has 1 aliphatic heterocycles. The highest BCUT2D eigenvalue weighted by atomic mass is 35.5. The van der Waals surface area contributed by atoms with E-state index in [1.54, 1.807) is 23.9 Å². The topological polar surface area (TPSA) is 35.2 Å². The maximum absolute atomic E-state index is 6.35. The van der Waals surface area contributed by atoms with Gasteiger partial charge in [-0.25, -0.2) is 0 Å². The van der Waals surface area contributed by atoms with E-state index in [1.165, 1.54) is 0 Å². The predicted octanol–water partition coefficient (Wildman–Crippen LogP) is 4.55. The van der Waals surface area contributed by atoms with Crippen molar-refractivity contribution in [1.29, 1.82) is 0 Å². The van der Waals surface area contributed by atoms with Gasteiger partial charge in [0.15, 0.2) is 0 Å². The second-order valence-electron chi connectivity index (χ2n) is 4.61. The van der Waals surface area contributed by atoms with Gasteiger partial charge < -0.3 is 10.5 Å². The largest absolute Gasteiger partial charge is 0.492 e. The second-order valence-corrected chi connectivity index (χ2v) is 6.73. The lowest BCUT2D eigenvalue weighted by Gasteiger charge is -2.30. The molecule has 3 rings (SSSR count). The van der Waals surface area contributed by atoms with Crippen LogP contribution in [0.4, 0.5) is 0 Å². The molecule has 1 aliphatic rings. The molecule has 104 valence electrons. The molecule has 2 atom stereocenters. The van der Waals surface area contributed by atoms with Crippen molar-refractivity contribution in [1.82, 2.24) is 0 Å². The molecule has 2 N–H and O–H groups in total. The molecule has 1 heterocycles. The number of hydrogen-bond donors (Lipinski definition) is 1. The van der Waals surface area contributed by atoms with Crippen LogP contribution < -0.4 is 10.5 Å². The molecular weight excluding hydrogens is 313 g/mol. The standard InChI is InChI=1S/C15H13Cl2NOS/c16-9-5-6-11(17)13(7-9)20-14-8-19-12-4-2-1-3-10(12)15(14)18/h1-7,14-15H,8,18H2. The van der Waals surface area contributed by atoms with E-state index in [-0.39, 0.29) is 11.3 Å². The van der Waals surface area contributed by atoms with Gasteiger partial charge in [0.25, 0.3) is 0 Å². The molecule has 2 unspecified atom stereocenters. The minimum Gasteiger partial charge on any atom is -0.492 e. The van der Waals surface area contributed by atoms with Crippen molar-refractivity contribution in [3.63, 3.8) is 0 Å². The zero-order valence-electron chi connectivity index (χ0n) is 10.6. The smallest absolute Gasteiger partial charge is 0.124 e. The van der Waals surface area contributed by atoms with Gasteiger partial charge in [0, 0.05) is 21.5 Å². The number of hydrogen-bond acceptors (Lipinski definition) is 3. The summed E-state index contributed by atoms with van der Waals surface area (Å²) in [5.74, 6) is 0.869. The minimum atomic E-state index is -0.0833. The lowest BCUT2D eigenvalue weighted by Crippen LogP contribution is -2.33. The van der Waals surface area contributed by atoms with Gasteiger partial charge in [-0.1, -0.05) is 41.4 Å². The summed E-state index contributed by atoms with van der Waals surface area (Å²) < 4.78 is 5.77. The Bertz CT molecular complexity index is 635. The van der Waals surface area contributed by atoms with Gasteiger partial charge in [0.2, 0.25) is 0 Å². The summed E-state index contributed by atoms with van der Waals surface area (Å²) in [6, 6.07) is 13.2. The lowest BCUT2D eigenvalue weighted by atomic mass is 10.0. The average Bonchev–Trinajstić information content (AvgIpc) is 2.46. The number of thioether (sulfide) groups is 1. The van der Waals surface area contributed by atoms with Crippen LogP contribution >= 0.6 is 35.0 Å². The number of halogens is 2. The van der Waals surface area contributed by atoms with Gasteiger partial charge in [-0.3, -0.25) is 0 Å². The maximum Gasteiger partial charge on any atom is 0.124 e. The number of fused-ring (bicyclic) bond motifs is 1. The Balaban J connectivity index is 1.84. The highest BCUT2D eigenvalue weighted by Crippen LogP contribution is 2.41. The Kier molecular flexibility index (Phi) is 4.13. The molecule has 0 spiro atoms. The third-order valence-electron chi connectivity index (χ3n) is 3.25. The summed E-state index contributed by atoms with van der Waals surface area (Å²) in [5, 5.41) is 1.47. The molecule has 0 aromatic heterocycles. The van der Waals surface area contributed by atoms with Crippen LogP contribution in [0.1, 0.15) is 11.6 Å². The van der Waals surface area contributed by atoms with Crippen molar-refractivity contribution < 1.29 is 4.74 Å². The molecular formula is C15H13Cl2NOS. The summed E-state index contributed by atoms with van der Waals surface area (Å²) in [6.07, 6.45) is 0. The third-order valence-corrected chi connectivity index (χ3v) is 5.25. The summed E-state index contributed by atoms with van der Waals surface area (Å²) in [6.45, 7) is 0.561. The van der Waals surface area contributed by atoms with Crippen LogP contribution in [0, 0.1) is 0 Å². The fourth-order valence-electron chi connectivity index (χ4n) is 2.20. The number of rotatable bonds is 2. The first-order chi connectivity index (χ1) is 9.65. The summed E-state index contributed by atoms with van der Waals surface area (Å²) in [5.41, 5.74) is 7.39. The third kappa shape index (κ3) is 2.77. The van der Waals surface area contributed by atoms with Crippen LogP contribution in [0.2, 0.25) is 10.0 Å². The Morgan fingerprint density at radius 3 is 2.80 bits per heavy atom. The Hall–Kier alpha value is -0.870. The van der Waals surface area contributed by atoms with Crippen LogP contribution in [0.3, 0.4) is 0 Å². The first-order valence-corrected chi connectivity index (χ1v) is 7.88. The fourth-order valence-corrected chi connectivity index (χ4v) is 3.82. The second kappa shape index (κ2) is 5.86. The molecule has 2 aromatic rings. The van der Waals surface area contributed by atoms with E-state index in [1.807, 2.05) is 30.3 Å². The minimum absolute atomic E-state index is 0.0833. The monoisotopic (exact) mass is 325 g/mol. The van der Waals surface area contributed by atoms with Crippen molar-refractivity contribution >= 4 is 35.0 Å². The Morgan fingerprint density at radius 2 is 1.95 bits per heavy atom. The van der Waals surface area contributed by atoms with E-state index >= 15 is 0 Å². The molecule has 0 radical (unpaired) electrons. The Labute approximate surface area is 132 Å². The SMILES string of the molecule is NC1c2ccccc2OCC1Sc1cc(Cl)ccc1Cl. The van der Waals surface area contributed by atoms with E-state index in [9.17, 15) is 0 Å². The van der Waals surface area contributed by atoms with Crippen molar-refractivity contribution in [3.05, 3.63) is 58.1 Å². The molecule has 2 aromatic carbocycles. The highest BCUT2D eigenvalue weighted by Gasteiger charge is 2.29. The van der Waals surface area contributed by atoms with E-state index in [0.717, 1.165) is 16.2 Å². The van der Waals surface area contributed by atoms with Gasteiger partial charge in [0.05, 0.1) is 10.3 Å². The van der Waals surface area contributed by atoms with E-state index in [0.29, 0.717) is 16.7 Å². The Morgan fingerprint density at radius 1 is 1.15 bits per heavy atom. The molecule has 5 heteroatoms. The fraction of sp³-hybridized carbons (Fsp3) is 0.200. The van der Waals surface area contributed by atoms with Gasteiger partial charge in [-0.2, -0.15) is 0 Å². The number of nitrogens with two attached hydrogens (primary N) is 1. The predicted molar refractivity (Wildman–Crippen MR) is 85.0 cm³/mol. The molecule has 20 heavy (non-hydrogen) atoms. The van der Waals surface area contributed by atoms with Crippen LogP contribution in [0.15, 0.2) is 47.4 Å². The van der Waals surface area contributed by atoms with Crippen molar-refractivity contribution in [2.75, 3.05) is 6.61 Å². The number of benzene rings is 2. The van der Waals surface area contributed by atoms with Crippen LogP contribution in [0.5, 0.6) is 5.75 Å². The van der Waals surface area contributed by atoms with E-state index in [2.05, 4.69) is 0 Å². The zero-order valence-corrected chi connectivity index (χ0v) is 12.9. The van der Waals surface area contributed by atoms with Crippen LogP contribution in [0.25, 0.3) is 0 Å². The van der Waals surface area contributed by atoms with Crippen molar-refractivity contribution in [3.8, 4) is 5.75 Å². The van der Waals surface area contributed by atoms with E-state index in [4.69, 9.17) is 33.7 Å². The average molecular weight is 326 g/mol. The van der Waals surface area contributed by atoms with Gasteiger partial charge >= 0.3 is 0 Å². The normalized spacial score (nSPS) is 21.1.